The minimum absolute atomic E-state index is 0.252. The number of nitrogens with two attached hydrogens (primary N) is 1. The number of carboxylic acids is 1. The summed E-state index contributed by atoms with van der Waals surface area (Å²) in [6.45, 7) is 0.255. The number of carboxylic acid groups (broad SMARTS) is 1. The number of hydrogen-bond donors (Lipinski definition) is 3. The number of aromatic amines is 1. The van der Waals surface area contributed by atoms with Gasteiger partial charge in [-0.1, -0.05) is 0 Å². The van der Waals surface area contributed by atoms with Crippen LogP contribution < -0.4 is 5.73 Å². The van der Waals surface area contributed by atoms with E-state index in [9.17, 15) is 4.79 Å². The van der Waals surface area contributed by atoms with Gasteiger partial charge in [0.05, 0.1) is 5.56 Å². The van der Waals surface area contributed by atoms with Crippen molar-refractivity contribution in [3.63, 3.8) is 0 Å². The van der Waals surface area contributed by atoms with E-state index in [1.54, 1.807) is 6.20 Å². The van der Waals surface area contributed by atoms with Crippen LogP contribution in [-0.2, 0) is 6.54 Å². The molecule has 1 heterocycles. The maximum atomic E-state index is 10.4. The van der Waals surface area contributed by atoms with Crippen LogP contribution in [0.15, 0.2) is 12.4 Å². The minimum Gasteiger partial charge on any atom is -0.478 e. The van der Waals surface area contributed by atoms with Crippen molar-refractivity contribution in [3.8, 4) is 0 Å². The Hall–Kier alpha value is -1.29. The molecule has 10 heavy (non-hydrogen) atoms. The van der Waals surface area contributed by atoms with Gasteiger partial charge in [-0.3, -0.25) is 0 Å². The molecule has 0 fully saturated rings. The van der Waals surface area contributed by atoms with Crippen molar-refractivity contribution in [1.29, 1.82) is 0 Å². The van der Waals surface area contributed by atoms with Gasteiger partial charge >= 0.3 is 5.97 Å². The first-order valence-corrected chi connectivity index (χ1v) is 2.84. The molecule has 0 saturated heterocycles. The van der Waals surface area contributed by atoms with Gasteiger partial charge in [0.2, 0.25) is 0 Å². The third-order valence-electron chi connectivity index (χ3n) is 1.28. The highest BCUT2D eigenvalue weighted by Crippen LogP contribution is 2.05. The van der Waals surface area contributed by atoms with Crippen molar-refractivity contribution >= 4 is 5.97 Å². The molecule has 0 unspecified atom stereocenters. The molecule has 0 spiro atoms. The van der Waals surface area contributed by atoms with Gasteiger partial charge in [-0.05, 0) is 5.56 Å². The number of aromatic nitrogens is 1. The smallest absolute Gasteiger partial charge is 0.337 e. The maximum Gasteiger partial charge on any atom is 0.337 e. The van der Waals surface area contributed by atoms with Crippen LogP contribution in [0.2, 0.25) is 0 Å². The first-order valence-electron chi connectivity index (χ1n) is 2.84. The summed E-state index contributed by atoms with van der Waals surface area (Å²) in [7, 11) is 0. The summed E-state index contributed by atoms with van der Waals surface area (Å²) >= 11 is 0. The molecule has 0 saturated carbocycles. The maximum absolute atomic E-state index is 10.4. The van der Waals surface area contributed by atoms with E-state index in [1.165, 1.54) is 6.20 Å². The van der Waals surface area contributed by atoms with Crippen LogP contribution >= 0.6 is 0 Å². The number of hydrogen-bond acceptors (Lipinski definition) is 2. The predicted molar refractivity (Wildman–Crippen MR) is 35.6 cm³/mol. The molecular formula is C6H8N2O2. The summed E-state index contributed by atoms with van der Waals surface area (Å²) in [6, 6.07) is 0. The van der Waals surface area contributed by atoms with Crippen molar-refractivity contribution in [2.24, 2.45) is 5.73 Å². The monoisotopic (exact) mass is 140 g/mol. The third-order valence-corrected chi connectivity index (χ3v) is 1.28. The Balaban J connectivity index is 3.01. The Morgan fingerprint density at radius 1 is 1.70 bits per heavy atom. The zero-order valence-electron chi connectivity index (χ0n) is 5.29. The van der Waals surface area contributed by atoms with Crippen LogP contribution in [0.5, 0.6) is 0 Å². The first kappa shape index (κ1) is 6.82. The number of aromatic carboxylic acids is 1. The molecule has 0 atom stereocenters. The SMILES string of the molecule is NCc1c[nH]cc1C(=O)O. The second-order valence-corrected chi connectivity index (χ2v) is 1.90. The summed E-state index contributed by atoms with van der Waals surface area (Å²) in [6.07, 6.45) is 3.01. The van der Waals surface area contributed by atoms with Crippen molar-refractivity contribution < 1.29 is 9.90 Å². The number of H-pyrrole nitrogens is 1. The zero-order chi connectivity index (χ0) is 7.56. The molecular weight excluding hydrogens is 132 g/mol. The van der Waals surface area contributed by atoms with E-state index in [0.717, 1.165) is 0 Å². The van der Waals surface area contributed by atoms with E-state index in [-0.39, 0.29) is 12.1 Å². The molecule has 0 aliphatic rings. The lowest BCUT2D eigenvalue weighted by molar-refractivity contribution is 0.0696. The van der Waals surface area contributed by atoms with Gasteiger partial charge in [-0.15, -0.1) is 0 Å². The Bertz CT molecular complexity index is 242. The molecule has 0 bridgehead atoms. The molecule has 4 N–H and O–H groups in total. The fraction of sp³-hybridized carbons (Fsp3) is 0.167. The van der Waals surface area contributed by atoms with Crippen molar-refractivity contribution in [2.45, 2.75) is 6.54 Å². The lowest BCUT2D eigenvalue weighted by atomic mass is 10.2. The standard InChI is InChI=1S/C6H8N2O2/c7-1-4-2-8-3-5(4)6(9)10/h2-3,8H,1,7H2,(H,9,10). The number of nitrogens with one attached hydrogen (secondary N) is 1. The van der Waals surface area contributed by atoms with Crippen molar-refractivity contribution in [1.82, 2.24) is 4.98 Å². The van der Waals surface area contributed by atoms with Gasteiger partial charge in [0.25, 0.3) is 0 Å². The molecule has 0 amide bonds. The van der Waals surface area contributed by atoms with Crippen LogP contribution in [0, 0.1) is 0 Å². The average Bonchev–Trinajstić information content (AvgIpc) is 2.33. The van der Waals surface area contributed by atoms with Crippen LogP contribution in [0.25, 0.3) is 0 Å². The van der Waals surface area contributed by atoms with Crippen molar-refractivity contribution in [3.05, 3.63) is 23.5 Å². The quantitative estimate of drug-likeness (QED) is 0.548. The predicted octanol–water partition coefficient (Wildman–Crippen LogP) is 0.172. The summed E-state index contributed by atoms with van der Waals surface area (Å²) in [4.78, 5) is 13.0. The van der Waals surface area contributed by atoms with Gasteiger partial charge in [-0.2, -0.15) is 0 Å². The van der Waals surface area contributed by atoms with Gasteiger partial charge in [0, 0.05) is 18.9 Å². The second-order valence-electron chi connectivity index (χ2n) is 1.90. The van der Waals surface area contributed by atoms with Gasteiger partial charge in [-0.25, -0.2) is 4.79 Å². The summed E-state index contributed by atoms with van der Waals surface area (Å²) in [5.41, 5.74) is 6.13. The summed E-state index contributed by atoms with van der Waals surface area (Å²) in [5, 5.41) is 8.51. The molecule has 0 aromatic carbocycles. The summed E-state index contributed by atoms with van der Waals surface area (Å²) in [5.74, 6) is -0.943. The Kier molecular flexibility index (Phi) is 1.73. The van der Waals surface area contributed by atoms with Crippen LogP contribution in [0.4, 0.5) is 0 Å². The van der Waals surface area contributed by atoms with E-state index in [1.807, 2.05) is 0 Å². The van der Waals surface area contributed by atoms with Gasteiger partial charge in [0.15, 0.2) is 0 Å². The Morgan fingerprint density at radius 2 is 2.40 bits per heavy atom. The number of rotatable bonds is 2. The van der Waals surface area contributed by atoms with E-state index in [2.05, 4.69) is 4.98 Å². The van der Waals surface area contributed by atoms with Gasteiger partial charge in [0.1, 0.15) is 0 Å². The van der Waals surface area contributed by atoms with E-state index < -0.39 is 5.97 Å². The van der Waals surface area contributed by atoms with E-state index >= 15 is 0 Å². The Labute approximate surface area is 57.7 Å². The van der Waals surface area contributed by atoms with E-state index in [0.29, 0.717) is 5.56 Å². The largest absolute Gasteiger partial charge is 0.478 e. The lowest BCUT2D eigenvalue weighted by Gasteiger charge is -1.91. The molecule has 54 valence electrons. The minimum atomic E-state index is -0.943. The Morgan fingerprint density at radius 3 is 2.80 bits per heavy atom. The second kappa shape index (κ2) is 2.53. The topological polar surface area (TPSA) is 79.1 Å². The molecule has 1 aromatic rings. The highest BCUT2D eigenvalue weighted by molar-refractivity contribution is 5.89. The molecule has 4 heteroatoms. The third kappa shape index (κ3) is 1.01. The van der Waals surface area contributed by atoms with Crippen LogP contribution in [0.3, 0.4) is 0 Å². The molecule has 4 nitrogen and oxygen atoms in total. The average molecular weight is 140 g/mol. The first-order chi connectivity index (χ1) is 4.75. The zero-order valence-corrected chi connectivity index (χ0v) is 5.29. The molecule has 0 aliphatic heterocycles. The fourth-order valence-corrected chi connectivity index (χ4v) is 0.764. The number of carbonyl (C=O) groups is 1. The molecule has 1 aromatic heterocycles. The summed E-state index contributed by atoms with van der Waals surface area (Å²) < 4.78 is 0. The van der Waals surface area contributed by atoms with E-state index in [4.69, 9.17) is 10.8 Å². The van der Waals surface area contributed by atoms with Gasteiger partial charge < -0.3 is 15.8 Å². The fourth-order valence-electron chi connectivity index (χ4n) is 0.764. The normalized spacial score (nSPS) is 9.70. The van der Waals surface area contributed by atoms with Crippen molar-refractivity contribution in [2.75, 3.05) is 0 Å². The highest BCUT2D eigenvalue weighted by atomic mass is 16.4. The highest BCUT2D eigenvalue weighted by Gasteiger charge is 2.07. The lowest BCUT2D eigenvalue weighted by Crippen LogP contribution is -2.03. The van der Waals surface area contributed by atoms with Crippen LogP contribution in [0.1, 0.15) is 15.9 Å². The molecule has 0 aliphatic carbocycles. The molecule has 1 rings (SSSR count). The van der Waals surface area contributed by atoms with Crippen LogP contribution in [-0.4, -0.2) is 16.1 Å². The molecule has 0 radical (unpaired) electrons.